The zero-order valence-corrected chi connectivity index (χ0v) is 11.2. The fourth-order valence-corrected chi connectivity index (χ4v) is 1.85. The number of nitrogens with one attached hydrogen (secondary N) is 1. The summed E-state index contributed by atoms with van der Waals surface area (Å²) in [5.74, 6) is -1.19. The molecule has 0 unspecified atom stereocenters. The number of benzene rings is 1. The van der Waals surface area contributed by atoms with Crippen LogP contribution >= 0.6 is 11.6 Å². The van der Waals surface area contributed by atoms with E-state index in [-0.39, 0.29) is 6.54 Å². The smallest absolute Gasteiger partial charge is 0.355 e. The first-order valence-corrected chi connectivity index (χ1v) is 6.14. The van der Waals surface area contributed by atoms with Gasteiger partial charge in [-0.05, 0) is 23.3 Å². The normalized spacial score (nSPS) is 11.2. The lowest BCUT2D eigenvalue weighted by atomic mass is 10.1. The summed E-state index contributed by atoms with van der Waals surface area (Å²) in [6, 6.07) is 4.89. The monoisotopic (exact) mass is 315 g/mol. The first-order valence-electron chi connectivity index (χ1n) is 5.77. The van der Waals surface area contributed by atoms with Crippen molar-refractivity contribution in [3.63, 3.8) is 0 Å². The van der Waals surface area contributed by atoms with Crippen molar-refractivity contribution in [2.45, 2.75) is 12.7 Å². The van der Waals surface area contributed by atoms with E-state index < -0.39 is 12.0 Å². The number of aromatic nitrogens is 2. The number of hydrogen-bond acceptors (Lipinski definition) is 3. The van der Waals surface area contributed by atoms with E-state index in [4.69, 9.17) is 11.6 Å². The topological polar surface area (TPSA) is 54.9 Å². The maximum absolute atomic E-state index is 12.4. The third kappa shape index (κ3) is 3.69. The van der Waals surface area contributed by atoms with E-state index in [0.717, 1.165) is 12.4 Å². The number of halogens is 4. The van der Waals surface area contributed by atoms with Gasteiger partial charge >= 0.3 is 6.18 Å². The van der Waals surface area contributed by atoms with Crippen LogP contribution < -0.4 is 5.32 Å². The molecule has 1 heterocycles. The molecule has 0 fully saturated rings. The first-order chi connectivity index (χ1) is 9.91. The number of rotatable bonds is 4. The van der Waals surface area contributed by atoms with E-state index in [0.29, 0.717) is 28.1 Å². The van der Waals surface area contributed by atoms with Crippen LogP contribution in [0, 0.1) is 0 Å². The molecule has 0 radical (unpaired) electrons. The minimum Gasteiger partial charge on any atom is -0.355 e. The Hall–Kier alpha value is -2.15. The molecule has 0 aliphatic rings. The molecule has 21 heavy (non-hydrogen) atoms. The quantitative estimate of drug-likeness (QED) is 0.882. The Morgan fingerprint density at radius 1 is 1.19 bits per heavy atom. The summed E-state index contributed by atoms with van der Waals surface area (Å²) in [4.78, 5) is 16.9. The predicted octanol–water partition coefficient (Wildman–Crippen LogP) is 3.06. The lowest BCUT2D eigenvalue weighted by molar-refractivity contribution is -0.145. The highest BCUT2D eigenvalue weighted by Gasteiger charge is 2.34. The van der Waals surface area contributed by atoms with Gasteiger partial charge in [0.2, 0.25) is 12.2 Å². The molecule has 110 valence electrons. The molecule has 0 aliphatic heterocycles. The molecule has 1 N–H and O–H groups in total. The number of carbonyl (C=O) groups is 1. The lowest BCUT2D eigenvalue weighted by Crippen LogP contribution is -2.11. The van der Waals surface area contributed by atoms with Gasteiger partial charge in [-0.2, -0.15) is 13.2 Å². The maximum Gasteiger partial charge on any atom is 0.451 e. The van der Waals surface area contributed by atoms with Crippen molar-refractivity contribution >= 4 is 18.0 Å². The van der Waals surface area contributed by atoms with E-state index in [1.165, 1.54) is 0 Å². The molecule has 0 spiro atoms. The van der Waals surface area contributed by atoms with E-state index in [2.05, 4.69) is 15.3 Å². The molecule has 0 aliphatic carbocycles. The lowest BCUT2D eigenvalue weighted by Gasteiger charge is -2.08. The van der Waals surface area contributed by atoms with Gasteiger partial charge in [0.1, 0.15) is 0 Å². The van der Waals surface area contributed by atoms with E-state index in [1.807, 2.05) is 0 Å². The fourth-order valence-electron chi connectivity index (χ4n) is 1.66. The van der Waals surface area contributed by atoms with Crippen molar-refractivity contribution in [2.75, 3.05) is 0 Å². The third-order valence-corrected chi connectivity index (χ3v) is 3.03. The molecule has 0 saturated carbocycles. The van der Waals surface area contributed by atoms with Gasteiger partial charge in [-0.15, -0.1) is 0 Å². The Labute approximate surface area is 123 Å². The molecule has 0 bridgehead atoms. The zero-order chi connectivity index (χ0) is 15.5. The minimum atomic E-state index is -4.57. The molecule has 1 aromatic carbocycles. The summed E-state index contributed by atoms with van der Waals surface area (Å²) in [6.07, 6.45) is -1.85. The summed E-state index contributed by atoms with van der Waals surface area (Å²) in [7, 11) is 0. The number of nitrogens with zero attached hydrogens (tertiary/aromatic N) is 2. The van der Waals surface area contributed by atoms with Crippen molar-refractivity contribution in [2.24, 2.45) is 0 Å². The number of amides is 1. The van der Waals surface area contributed by atoms with Gasteiger partial charge in [-0.1, -0.05) is 17.7 Å². The number of carbonyl (C=O) groups excluding carboxylic acids is 1. The Balaban J connectivity index is 2.31. The van der Waals surface area contributed by atoms with Crippen molar-refractivity contribution in [3.05, 3.63) is 47.0 Å². The van der Waals surface area contributed by atoms with Crippen LogP contribution in [0.4, 0.5) is 13.2 Å². The summed E-state index contributed by atoms with van der Waals surface area (Å²) in [5, 5.41) is 2.91. The molecule has 0 saturated heterocycles. The van der Waals surface area contributed by atoms with Gasteiger partial charge in [-0.25, -0.2) is 9.97 Å². The van der Waals surface area contributed by atoms with Gasteiger partial charge in [0, 0.05) is 29.5 Å². The highest BCUT2D eigenvalue weighted by Crippen LogP contribution is 2.28. The predicted molar refractivity (Wildman–Crippen MR) is 70.4 cm³/mol. The van der Waals surface area contributed by atoms with Crippen LogP contribution in [0.15, 0.2) is 30.6 Å². The van der Waals surface area contributed by atoms with E-state index in [9.17, 15) is 18.0 Å². The average molecular weight is 316 g/mol. The molecule has 2 rings (SSSR count). The molecule has 2 aromatic rings. The summed E-state index contributed by atoms with van der Waals surface area (Å²) in [5.41, 5.74) is 1.67. The van der Waals surface area contributed by atoms with Gasteiger partial charge in [0.25, 0.3) is 0 Å². The second kappa shape index (κ2) is 6.09. The van der Waals surface area contributed by atoms with Crippen LogP contribution in [0.2, 0.25) is 5.02 Å². The van der Waals surface area contributed by atoms with Crippen LogP contribution in [-0.2, 0) is 17.5 Å². The molecule has 1 aromatic heterocycles. The van der Waals surface area contributed by atoms with Gasteiger partial charge in [0.15, 0.2) is 0 Å². The van der Waals surface area contributed by atoms with Crippen molar-refractivity contribution in [1.29, 1.82) is 0 Å². The Bertz CT molecular complexity index is 644. The fraction of sp³-hybridized carbons (Fsp3) is 0.154. The highest BCUT2D eigenvalue weighted by molar-refractivity contribution is 6.31. The van der Waals surface area contributed by atoms with Crippen molar-refractivity contribution in [1.82, 2.24) is 15.3 Å². The standard InChI is InChI=1S/C13H9ClF3N3O/c14-11-2-1-8(3-9(11)4-18-7-21)10-5-19-12(20-6-10)13(15,16)17/h1-3,5-7H,4H2,(H,18,21). The largest absolute Gasteiger partial charge is 0.451 e. The number of alkyl halides is 3. The van der Waals surface area contributed by atoms with Gasteiger partial charge in [-0.3, -0.25) is 4.79 Å². The summed E-state index contributed by atoms with van der Waals surface area (Å²) in [6.45, 7) is 0.220. The Kier molecular flexibility index (Phi) is 4.42. The molecule has 8 heteroatoms. The Morgan fingerprint density at radius 3 is 2.43 bits per heavy atom. The highest BCUT2D eigenvalue weighted by atomic mass is 35.5. The summed E-state index contributed by atoms with van der Waals surface area (Å²) < 4.78 is 37.2. The zero-order valence-electron chi connectivity index (χ0n) is 10.5. The molecular weight excluding hydrogens is 307 g/mol. The molecular formula is C13H9ClF3N3O. The van der Waals surface area contributed by atoms with Gasteiger partial charge < -0.3 is 5.32 Å². The number of hydrogen-bond donors (Lipinski definition) is 1. The average Bonchev–Trinajstić information content (AvgIpc) is 2.46. The van der Waals surface area contributed by atoms with Gasteiger partial charge in [0.05, 0.1) is 0 Å². The molecule has 0 atom stereocenters. The van der Waals surface area contributed by atoms with Crippen LogP contribution in [0.3, 0.4) is 0 Å². The molecule has 1 amide bonds. The second-order valence-electron chi connectivity index (χ2n) is 4.10. The maximum atomic E-state index is 12.4. The molecule has 4 nitrogen and oxygen atoms in total. The van der Waals surface area contributed by atoms with Crippen LogP contribution in [0.1, 0.15) is 11.4 Å². The van der Waals surface area contributed by atoms with Crippen LogP contribution in [-0.4, -0.2) is 16.4 Å². The van der Waals surface area contributed by atoms with Crippen molar-refractivity contribution < 1.29 is 18.0 Å². The SMILES string of the molecule is O=CNCc1cc(-c2cnc(C(F)(F)F)nc2)ccc1Cl. The van der Waals surface area contributed by atoms with Crippen molar-refractivity contribution in [3.8, 4) is 11.1 Å². The first kappa shape index (κ1) is 15.2. The van der Waals surface area contributed by atoms with Crippen LogP contribution in [0.25, 0.3) is 11.1 Å². The summed E-state index contributed by atoms with van der Waals surface area (Å²) >= 11 is 5.97. The van der Waals surface area contributed by atoms with E-state index >= 15 is 0 Å². The minimum absolute atomic E-state index is 0.220. The van der Waals surface area contributed by atoms with E-state index in [1.54, 1.807) is 18.2 Å². The van der Waals surface area contributed by atoms with Crippen LogP contribution in [0.5, 0.6) is 0 Å². The third-order valence-electron chi connectivity index (χ3n) is 2.66. The Morgan fingerprint density at radius 2 is 1.86 bits per heavy atom. The second-order valence-corrected chi connectivity index (χ2v) is 4.51.